The van der Waals surface area contributed by atoms with E-state index >= 15 is 0 Å². The first-order valence-corrected chi connectivity index (χ1v) is 9.30. The first-order chi connectivity index (χ1) is 13.7. The Morgan fingerprint density at radius 2 is 0.621 bits per heavy atom. The Hall–Kier alpha value is -2.64. The minimum absolute atomic E-state index is 0. The molecular formula is C26H26O2Zr. The second-order valence-electron chi connectivity index (χ2n) is 6.14. The van der Waals surface area contributed by atoms with E-state index < -0.39 is 0 Å². The molecule has 146 valence electrons. The molecule has 0 saturated carbocycles. The maximum absolute atomic E-state index is 8.63. The van der Waals surface area contributed by atoms with Crippen LogP contribution in [0.1, 0.15) is 11.1 Å². The number of hydrogen-bond acceptors (Lipinski definition) is 2. The minimum Gasteiger partial charge on any atom is -0.508 e. The SMILES string of the molecule is Oc1ccccc1.Oc1ccccc1.[Zr].c1ccc(CCc2ccccc2)cc1. The third-order valence-electron chi connectivity index (χ3n) is 3.90. The maximum Gasteiger partial charge on any atom is 0.115 e. The normalized spacial score (nSPS) is 8.97. The van der Waals surface area contributed by atoms with Crippen LogP contribution in [0, 0.1) is 0 Å². The van der Waals surface area contributed by atoms with Crippen molar-refractivity contribution in [2.24, 2.45) is 0 Å². The molecule has 0 bridgehead atoms. The van der Waals surface area contributed by atoms with Gasteiger partial charge >= 0.3 is 0 Å². The molecule has 0 unspecified atom stereocenters. The quantitative estimate of drug-likeness (QED) is 0.378. The van der Waals surface area contributed by atoms with E-state index in [9.17, 15) is 0 Å². The second-order valence-corrected chi connectivity index (χ2v) is 6.14. The Bertz CT molecular complexity index is 790. The van der Waals surface area contributed by atoms with Gasteiger partial charge in [-0.2, -0.15) is 0 Å². The Morgan fingerprint density at radius 3 is 0.828 bits per heavy atom. The first-order valence-electron chi connectivity index (χ1n) is 9.30. The van der Waals surface area contributed by atoms with Crippen molar-refractivity contribution in [3.05, 3.63) is 132 Å². The van der Waals surface area contributed by atoms with Crippen LogP contribution in [0.25, 0.3) is 0 Å². The summed E-state index contributed by atoms with van der Waals surface area (Å²) < 4.78 is 0. The van der Waals surface area contributed by atoms with Crippen LogP contribution >= 0.6 is 0 Å². The molecule has 0 aliphatic rings. The first kappa shape index (κ1) is 24.4. The van der Waals surface area contributed by atoms with Crippen LogP contribution in [0.3, 0.4) is 0 Å². The molecule has 0 aromatic heterocycles. The monoisotopic (exact) mass is 460 g/mol. The number of aryl methyl sites for hydroxylation is 2. The van der Waals surface area contributed by atoms with Crippen LogP contribution in [0.15, 0.2) is 121 Å². The molecule has 0 heterocycles. The summed E-state index contributed by atoms with van der Waals surface area (Å²) >= 11 is 0. The molecule has 29 heavy (non-hydrogen) atoms. The number of rotatable bonds is 3. The smallest absolute Gasteiger partial charge is 0.115 e. The fourth-order valence-corrected chi connectivity index (χ4v) is 2.43. The summed E-state index contributed by atoms with van der Waals surface area (Å²) in [7, 11) is 0. The fraction of sp³-hybridized carbons (Fsp3) is 0.0769. The molecule has 3 heteroatoms. The molecule has 0 atom stereocenters. The van der Waals surface area contributed by atoms with E-state index in [1.807, 2.05) is 12.1 Å². The molecule has 4 rings (SSSR count). The van der Waals surface area contributed by atoms with Crippen LogP contribution in [0.2, 0.25) is 0 Å². The number of benzene rings is 4. The Labute approximate surface area is 192 Å². The molecule has 2 N–H and O–H groups in total. The van der Waals surface area contributed by atoms with Crippen molar-refractivity contribution < 1.29 is 36.4 Å². The zero-order valence-corrected chi connectivity index (χ0v) is 18.8. The second kappa shape index (κ2) is 15.3. The molecule has 0 fully saturated rings. The molecule has 4 aromatic carbocycles. The van der Waals surface area contributed by atoms with E-state index in [2.05, 4.69) is 60.7 Å². The standard InChI is InChI=1S/C14H14.2C6H6O.Zr/c1-3-7-13(8-4-1)11-12-14-9-5-2-6-10-14;2*7-6-4-2-1-3-5-6;/h1-10H,11-12H2;2*1-5,7H;. The van der Waals surface area contributed by atoms with Gasteiger partial charge in [-0.15, -0.1) is 0 Å². The molecule has 0 spiro atoms. The van der Waals surface area contributed by atoms with Gasteiger partial charge in [0.15, 0.2) is 0 Å². The van der Waals surface area contributed by atoms with Crippen molar-refractivity contribution >= 4 is 0 Å². The van der Waals surface area contributed by atoms with Crippen LogP contribution in [-0.2, 0) is 39.0 Å². The average molecular weight is 462 g/mol. The molecule has 0 amide bonds. The van der Waals surface area contributed by atoms with Gasteiger partial charge in [0.25, 0.3) is 0 Å². The molecule has 4 aromatic rings. The third-order valence-corrected chi connectivity index (χ3v) is 3.90. The zero-order valence-electron chi connectivity index (χ0n) is 16.4. The Morgan fingerprint density at radius 1 is 0.379 bits per heavy atom. The zero-order chi connectivity index (χ0) is 19.9. The third kappa shape index (κ3) is 11.7. The van der Waals surface area contributed by atoms with Gasteiger partial charge in [-0.1, -0.05) is 97.1 Å². The molecular weight excluding hydrogens is 436 g/mol. The van der Waals surface area contributed by atoms with E-state index in [0.717, 1.165) is 12.8 Å². The van der Waals surface area contributed by atoms with Crippen molar-refractivity contribution in [1.29, 1.82) is 0 Å². The molecule has 0 aliphatic heterocycles. The Kier molecular flexibility index (Phi) is 12.9. The van der Waals surface area contributed by atoms with Crippen molar-refractivity contribution in [3.8, 4) is 11.5 Å². The van der Waals surface area contributed by atoms with Gasteiger partial charge in [0, 0.05) is 26.2 Å². The van der Waals surface area contributed by atoms with Crippen LogP contribution in [0.4, 0.5) is 0 Å². The molecule has 0 saturated heterocycles. The van der Waals surface area contributed by atoms with Gasteiger partial charge in [-0.25, -0.2) is 0 Å². The van der Waals surface area contributed by atoms with Crippen molar-refractivity contribution in [1.82, 2.24) is 0 Å². The number of phenolic OH excluding ortho intramolecular Hbond substituents is 2. The van der Waals surface area contributed by atoms with Gasteiger partial charge in [0.05, 0.1) is 0 Å². The van der Waals surface area contributed by atoms with Gasteiger partial charge in [-0.3, -0.25) is 0 Å². The summed E-state index contributed by atoms with van der Waals surface area (Å²) in [6, 6.07) is 38.7. The van der Waals surface area contributed by atoms with Crippen LogP contribution in [-0.4, -0.2) is 10.2 Å². The maximum atomic E-state index is 8.63. The molecule has 0 aliphatic carbocycles. The van der Waals surface area contributed by atoms with Crippen molar-refractivity contribution in [2.75, 3.05) is 0 Å². The predicted molar refractivity (Wildman–Crippen MR) is 117 cm³/mol. The van der Waals surface area contributed by atoms with Crippen molar-refractivity contribution in [2.45, 2.75) is 12.8 Å². The van der Waals surface area contributed by atoms with Crippen LogP contribution < -0.4 is 0 Å². The largest absolute Gasteiger partial charge is 0.508 e. The molecule has 0 radical (unpaired) electrons. The van der Waals surface area contributed by atoms with Crippen molar-refractivity contribution in [3.63, 3.8) is 0 Å². The van der Waals surface area contributed by atoms with E-state index in [4.69, 9.17) is 10.2 Å². The summed E-state index contributed by atoms with van der Waals surface area (Å²) in [5.41, 5.74) is 2.83. The predicted octanol–water partition coefficient (Wildman–Crippen LogP) is 6.25. The number of hydrogen-bond donors (Lipinski definition) is 2. The molecule has 2 nitrogen and oxygen atoms in total. The summed E-state index contributed by atoms with van der Waals surface area (Å²) in [6.45, 7) is 0. The minimum atomic E-state index is 0. The number of aromatic hydroxyl groups is 2. The number of phenols is 2. The van der Waals surface area contributed by atoms with E-state index in [-0.39, 0.29) is 26.2 Å². The Balaban J connectivity index is 0.000000237. The summed E-state index contributed by atoms with van der Waals surface area (Å²) in [5, 5.41) is 17.3. The summed E-state index contributed by atoms with van der Waals surface area (Å²) in [6.07, 6.45) is 2.26. The summed E-state index contributed by atoms with van der Waals surface area (Å²) in [4.78, 5) is 0. The van der Waals surface area contributed by atoms with Crippen LogP contribution in [0.5, 0.6) is 11.5 Å². The van der Waals surface area contributed by atoms with Gasteiger partial charge in [-0.05, 0) is 48.2 Å². The van der Waals surface area contributed by atoms with E-state index in [0.29, 0.717) is 11.5 Å². The number of para-hydroxylation sites is 2. The van der Waals surface area contributed by atoms with Gasteiger partial charge in [0.2, 0.25) is 0 Å². The topological polar surface area (TPSA) is 40.5 Å². The van der Waals surface area contributed by atoms with Gasteiger partial charge in [0.1, 0.15) is 11.5 Å². The van der Waals surface area contributed by atoms with E-state index in [1.54, 1.807) is 48.5 Å². The van der Waals surface area contributed by atoms with E-state index in [1.165, 1.54) is 11.1 Å². The fourth-order valence-electron chi connectivity index (χ4n) is 2.43. The average Bonchev–Trinajstić information content (AvgIpc) is 2.76. The van der Waals surface area contributed by atoms with Gasteiger partial charge < -0.3 is 10.2 Å². The summed E-state index contributed by atoms with van der Waals surface area (Å²) in [5.74, 6) is 0.644.